The highest BCUT2D eigenvalue weighted by Crippen LogP contribution is 2.44. The fraction of sp³-hybridized carbons (Fsp3) is 0.364. The van der Waals surface area contributed by atoms with Crippen LogP contribution in [-0.2, 0) is 28.7 Å². The summed E-state index contributed by atoms with van der Waals surface area (Å²) in [5.74, 6) is -3.87. The summed E-state index contributed by atoms with van der Waals surface area (Å²) in [4.78, 5) is 56.9. The molecule has 2 amide bonds. The zero-order valence-corrected chi connectivity index (χ0v) is 19.2. The van der Waals surface area contributed by atoms with Crippen molar-refractivity contribution in [2.24, 2.45) is 0 Å². The minimum atomic E-state index is -4.98. The Morgan fingerprint density at radius 3 is 2.31 bits per heavy atom. The van der Waals surface area contributed by atoms with Gasteiger partial charge in [0.25, 0.3) is 11.6 Å². The number of dihydropyridines is 1. The second-order valence-electron chi connectivity index (χ2n) is 7.77. The number of nitro benzene ring substituents is 1. The molecule has 0 aromatic heterocycles. The van der Waals surface area contributed by atoms with Gasteiger partial charge < -0.3 is 14.8 Å². The average molecular weight is 511 g/mol. The number of rotatable bonds is 5. The maximum Gasteiger partial charge on any atom is 0.431 e. The van der Waals surface area contributed by atoms with Crippen molar-refractivity contribution in [3.05, 3.63) is 62.5 Å². The predicted octanol–water partition coefficient (Wildman–Crippen LogP) is 2.24. The molecule has 1 aromatic rings. The summed E-state index contributed by atoms with van der Waals surface area (Å²) in [6.07, 6.45) is -4.51. The molecule has 3 aliphatic heterocycles. The second-order valence-corrected chi connectivity index (χ2v) is 7.77. The van der Waals surface area contributed by atoms with Gasteiger partial charge in [-0.15, -0.1) is 0 Å². The molecular weight excluding hydrogens is 491 g/mol. The van der Waals surface area contributed by atoms with Crippen molar-refractivity contribution in [1.29, 1.82) is 0 Å². The van der Waals surface area contributed by atoms with Crippen LogP contribution < -0.4 is 5.32 Å². The Bertz CT molecular complexity index is 1210. The van der Waals surface area contributed by atoms with Crippen LogP contribution in [0.2, 0.25) is 0 Å². The van der Waals surface area contributed by atoms with Crippen molar-refractivity contribution < 1.29 is 46.7 Å². The van der Waals surface area contributed by atoms with Gasteiger partial charge in [0.1, 0.15) is 11.7 Å². The molecule has 0 spiro atoms. The molecule has 0 bridgehead atoms. The van der Waals surface area contributed by atoms with Crippen molar-refractivity contribution in [2.75, 3.05) is 13.7 Å². The number of methoxy groups -OCH3 is 1. The Morgan fingerprint density at radius 2 is 1.89 bits per heavy atom. The minimum Gasteiger partial charge on any atom is -0.466 e. The smallest absolute Gasteiger partial charge is 0.431 e. The number of carbonyl (C=O) groups is 4. The highest BCUT2D eigenvalue weighted by Gasteiger charge is 2.60. The molecule has 11 nitrogen and oxygen atoms in total. The zero-order valence-electron chi connectivity index (χ0n) is 19.2. The number of nitro groups is 1. The first kappa shape index (κ1) is 26.4. The number of allylic oxidation sites excluding steroid dienone is 2. The van der Waals surface area contributed by atoms with Gasteiger partial charge in [-0.05, 0) is 19.4 Å². The number of imide groups is 1. The van der Waals surface area contributed by atoms with Crippen LogP contribution in [0.5, 0.6) is 0 Å². The lowest BCUT2D eigenvalue weighted by Gasteiger charge is -2.31. The van der Waals surface area contributed by atoms with E-state index in [1.807, 2.05) is 5.32 Å². The molecule has 0 radical (unpaired) electrons. The highest BCUT2D eigenvalue weighted by atomic mass is 19.4. The lowest BCUT2D eigenvalue weighted by atomic mass is 9.80. The van der Waals surface area contributed by atoms with Gasteiger partial charge in [0.15, 0.2) is 0 Å². The van der Waals surface area contributed by atoms with Crippen LogP contribution in [0.3, 0.4) is 0 Å². The van der Waals surface area contributed by atoms with Crippen LogP contribution >= 0.6 is 0 Å². The molecule has 1 N–H and O–H groups in total. The first-order valence-corrected chi connectivity index (χ1v) is 10.5. The maximum absolute atomic E-state index is 13.7. The van der Waals surface area contributed by atoms with Crippen LogP contribution in [0.25, 0.3) is 0 Å². The van der Waals surface area contributed by atoms with Gasteiger partial charge in [0, 0.05) is 17.8 Å². The van der Waals surface area contributed by atoms with Gasteiger partial charge in [0.05, 0.1) is 42.1 Å². The van der Waals surface area contributed by atoms with E-state index in [4.69, 9.17) is 4.74 Å². The molecule has 0 saturated carbocycles. The number of nitrogens with one attached hydrogen (secondary N) is 1. The minimum absolute atomic E-state index is 0.00463. The number of ether oxygens (including phenoxy) is 2. The van der Waals surface area contributed by atoms with Gasteiger partial charge in [0.2, 0.25) is 5.91 Å². The number of alkyl halides is 3. The fourth-order valence-corrected chi connectivity index (χ4v) is 3.86. The summed E-state index contributed by atoms with van der Waals surface area (Å²) in [6.45, 7) is 2.41. The van der Waals surface area contributed by atoms with Gasteiger partial charge in [-0.2, -0.15) is 13.2 Å². The number of fused-ring (bicyclic) bond motifs is 1. The number of amides is 2. The summed E-state index contributed by atoms with van der Waals surface area (Å²) >= 11 is 0. The Morgan fingerprint density at radius 1 is 1.22 bits per heavy atom. The third-order valence-corrected chi connectivity index (χ3v) is 5.56. The Labute approximate surface area is 201 Å². The largest absolute Gasteiger partial charge is 0.466 e. The second kappa shape index (κ2) is 9.79. The first-order chi connectivity index (χ1) is 16.8. The number of β-lactam (4-membered cyclic amide) rings is 1. The summed E-state index contributed by atoms with van der Waals surface area (Å²) in [6, 6.07) is 4.69. The van der Waals surface area contributed by atoms with Crippen molar-refractivity contribution in [3.8, 4) is 0 Å². The van der Waals surface area contributed by atoms with E-state index in [-0.39, 0.29) is 41.3 Å². The molecule has 3 aliphatic rings. The van der Waals surface area contributed by atoms with E-state index in [9.17, 15) is 42.5 Å². The molecule has 2 atom stereocenters. The van der Waals surface area contributed by atoms with Gasteiger partial charge in [-0.3, -0.25) is 24.6 Å². The molecule has 36 heavy (non-hydrogen) atoms. The van der Waals surface area contributed by atoms with E-state index < -0.39 is 45.9 Å². The average Bonchev–Trinajstić information content (AvgIpc) is 3.37. The number of hydrogen-bond donors (Lipinski definition) is 1. The van der Waals surface area contributed by atoms with E-state index in [1.165, 1.54) is 30.9 Å². The highest BCUT2D eigenvalue weighted by molar-refractivity contribution is 6.20. The number of halogens is 3. The number of hydrogen-bond acceptors (Lipinski definition) is 9. The van der Waals surface area contributed by atoms with Gasteiger partial charge in [-0.1, -0.05) is 12.1 Å². The maximum atomic E-state index is 13.7. The number of esters is 2. The molecule has 14 heteroatoms. The Kier molecular flexibility index (Phi) is 7.17. The zero-order chi connectivity index (χ0) is 26.9. The molecule has 2 unspecified atom stereocenters. The summed E-state index contributed by atoms with van der Waals surface area (Å²) in [5, 5.41) is 13.2. The Hall–Kier alpha value is -4.23. The van der Waals surface area contributed by atoms with Crippen LogP contribution in [0.15, 0.2) is 46.8 Å². The number of nitrogens with zero attached hydrogens (tertiary/aromatic N) is 2. The van der Waals surface area contributed by atoms with Crippen molar-refractivity contribution in [2.45, 2.75) is 38.4 Å². The van der Waals surface area contributed by atoms with Gasteiger partial charge in [-0.25, -0.2) is 9.59 Å². The molecule has 0 aliphatic carbocycles. The van der Waals surface area contributed by atoms with Crippen molar-refractivity contribution in [1.82, 2.24) is 10.2 Å². The molecule has 192 valence electrons. The molecule has 3 heterocycles. The SMILES string of the molecule is CCOC(=O)C1=C(C(F)(F)F)NC(C)=C(C(=O)OC)C1c1cccc([N+](=O)[O-])c1.O=C1CC2C(=O)N12. The third kappa shape index (κ3) is 4.92. The molecule has 2 saturated heterocycles. The van der Waals surface area contributed by atoms with Crippen LogP contribution in [-0.4, -0.2) is 59.5 Å². The van der Waals surface area contributed by atoms with E-state index in [1.54, 1.807) is 0 Å². The molecular formula is C22H20F3N3O8. The first-order valence-electron chi connectivity index (χ1n) is 10.5. The monoisotopic (exact) mass is 511 g/mol. The Balaban J connectivity index is 0.000000433. The van der Waals surface area contributed by atoms with Crippen LogP contribution in [0.1, 0.15) is 31.7 Å². The summed E-state index contributed by atoms with van der Waals surface area (Å²) in [7, 11) is 1.03. The van der Waals surface area contributed by atoms with E-state index >= 15 is 0 Å². The quantitative estimate of drug-likeness (QED) is 0.157. The van der Waals surface area contributed by atoms with E-state index in [0.717, 1.165) is 19.2 Å². The molecule has 1 aromatic carbocycles. The standard InChI is InChI=1S/C18H17F3N2O6.C4H3NO2/c1-4-29-17(25)14-13(10-6-5-7-11(8-10)23(26)27)12(16(24)28-3)9(2)22-15(14)18(19,20)21;6-3-1-2-4(7)5(2)3/h5-8,13,22H,4H2,1-3H3;2H,1H2. The lowest BCUT2D eigenvalue weighted by molar-refractivity contribution is -0.384. The van der Waals surface area contributed by atoms with E-state index in [2.05, 4.69) is 4.74 Å². The number of non-ortho nitro benzene ring substituents is 1. The summed E-state index contributed by atoms with van der Waals surface area (Å²) < 4.78 is 50.6. The third-order valence-electron chi connectivity index (χ3n) is 5.56. The van der Waals surface area contributed by atoms with Crippen LogP contribution in [0.4, 0.5) is 18.9 Å². The topological polar surface area (TPSA) is 145 Å². The van der Waals surface area contributed by atoms with Crippen molar-refractivity contribution in [3.63, 3.8) is 0 Å². The number of benzene rings is 1. The molecule has 2 fully saturated rings. The van der Waals surface area contributed by atoms with Crippen LogP contribution in [0, 0.1) is 10.1 Å². The fourth-order valence-electron chi connectivity index (χ4n) is 3.86. The predicted molar refractivity (Wildman–Crippen MR) is 114 cm³/mol. The van der Waals surface area contributed by atoms with Crippen molar-refractivity contribution >= 4 is 29.4 Å². The van der Waals surface area contributed by atoms with Gasteiger partial charge >= 0.3 is 18.1 Å². The van der Waals surface area contributed by atoms with E-state index in [0.29, 0.717) is 6.42 Å². The normalized spacial score (nSPS) is 20.4. The summed E-state index contributed by atoms with van der Waals surface area (Å²) in [5.41, 5.74) is -3.26. The number of carbonyl (C=O) groups excluding carboxylic acids is 4. The lowest BCUT2D eigenvalue weighted by Crippen LogP contribution is -2.38. The molecule has 4 rings (SSSR count).